The summed E-state index contributed by atoms with van der Waals surface area (Å²) in [6.07, 6.45) is 6.66. The largest absolute Gasteiger partial charge is 0.390 e. The summed E-state index contributed by atoms with van der Waals surface area (Å²) in [5, 5.41) is 26.5. The molecule has 0 radical (unpaired) electrons. The van der Waals surface area contributed by atoms with E-state index in [0.29, 0.717) is 17.1 Å². The van der Waals surface area contributed by atoms with Gasteiger partial charge in [0, 0.05) is 30.2 Å². The van der Waals surface area contributed by atoms with E-state index in [2.05, 4.69) is 25.9 Å². The van der Waals surface area contributed by atoms with Gasteiger partial charge in [-0.25, -0.2) is 0 Å². The standard InChI is InChI=1S/C24H30N6O3/c1-15-21(19(14-31)29-28-15)16-8-10-18(11-9-16)26-24(33)22(17-6-4-3-5-7-17)27-23(32)20-12-13-25-30(20)2/h8-13,17,22,31H,3-7,14H2,1-2H3,(H,26,33)(H,27,32)(H,28,29)/t22-/m0/s1. The number of aliphatic hydroxyl groups is 1. The number of anilines is 1. The fourth-order valence-electron chi connectivity index (χ4n) is 4.59. The van der Waals surface area contributed by atoms with Crippen LogP contribution >= 0.6 is 0 Å². The van der Waals surface area contributed by atoms with Crippen LogP contribution in [0.4, 0.5) is 5.69 Å². The van der Waals surface area contributed by atoms with Crippen molar-refractivity contribution >= 4 is 17.5 Å². The van der Waals surface area contributed by atoms with Gasteiger partial charge in [0.15, 0.2) is 0 Å². The molecule has 9 heteroatoms. The fourth-order valence-corrected chi connectivity index (χ4v) is 4.59. The molecule has 2 heterocycles. The van der Waals surface area contributed by atoms with E-state index in [-0.39, 0.29) is 24.3 Å². The maximum atomic E-state index is 13.3. The summed E-state index contributed by atoms with van der Waals surface area (Å²) in [4.78, 5) is 26.1. The Bertz CT molecular complexity index is 1110. The van der Waals surface area contributed by atoms with Crippen molar-refractivity contribution in [3.63, 3.8) is 0 Å². The number of aryl methyl sites for hydroxylation is 2. The Labute approximate surface area is 192 Å². The van der Waals surface area contributed by atoms with Gasteiger partial charge in [0.1, 0.15) is 11.7 Å². The van der Waals surface area contributed by atoms with E-state index < -0.39 is 6.04 Å². The Morgan fingerprint density at radius 1 is 1.18 bits per heavy atom. The maximum Gasteiger partial charge on any atom is 0.270 e. The zero-order valence-electron chi connectivity index (χ0n) is 19.0. The van der Waals surface area contributed by atoms with E-state index in [1.165, 1.54) is 4.68 Å². The summed E-state index contributed by atoms with van der Waals surface area (Å²) >= 11 is 0. The second-order valence-electron chi connectivity index (χ2n) is 8.58. The minimum absolute atomic E-state index is 0.0934. The first-order chi connectivity index (χ1) is 16.0. The number of aliphatic hydroxyl groups excluding tert-OH is 1. The van der Waals surface area contributed by atoms with Crippen molar-refractivity contribution in [2.24, 2.45) is 13.0 Å². The van der Waals surface area contributed by atoms with E-state index in [1.54, 1.807) is 19.3 Å². The quantitative estimate of drug-likeness (QED) is 0.440. The number of nitrogens with zero attached hydrogens (tertiary/aromatic N) is 3. The predicted molar refractivity (Wildman–Crippen MR) is 124 cm³/mol. The Hall–Kier alpha value is -3.46. The van der Waals surface area contributed by atoms with Crippen LogP contribution in [0.2, 0.25) is 0 Å². The normalized spacial score (nSPS) is 15.2. The van der Waals surface area contributed by atoms with Crippen LogP contribution in [0, 0.1) is 12.8 Å². The highest BCUT2D eigenvalue weighted by atomic mass is 16.3. The average molecular weight is 451 g/mol. The number of carbonyl (C=O) groups is 2. The molecule has 1 aliphatic carbocycles. The Morgan fingerprint density at radius 3 is 2.55 bits per heavy atom. The molecule has 3 aromatic rings. The van der Waals surface area contributed by atoms with Gasteiger partial charge in [0.05, 0.1) is 12.3 Å². The van der Waals surface area contributed by atoms with Crippen LogP contribution in [0.25, 0.3) is 11.1 Å². The lowest BCUT2D eigenvalue weighted by Crippen LogP contribution is -2.49. The number of aromatic nitrogens is 4. The Morgan fingerprint density at radius 2 is 1.91 bits per heavy atom. The van der Waals surface area contributed by atoms with E-state index in [9.17, 15) is 14.7 Å². The summed E-state index contributed by atoms with van der Waals surface area (Å²) in [6.45, 7) is 1.74. The summed E-state index contributed by atoms with van der Waals surface area (Å²) in [7, 11) is 1.70. The fraction of sp³-hybridized carbons (Fsp3) is 0.417. The van der Waals surface area contributed by atoms with Gasteiger partial charge in [-0.15, -0.1) is 0 Å². The molecular formula is C24H30N6O3. The molecule has 1 aromatic carbocycles. The molecule has 1 fully saturated rings. The average Bonchev–Trinajstić information content (AvgIpc) is 3.43. The first-order valence-electron chi connectivity index (χ1n) is 11.3. The number of amides is 2. The second kappa shape index (κ2) is 9.99. The number of carbonyl (C=O) groups excluding carboxylic acids is 2. The molecule has 0 unspecified atom stereocenters. The smallest absolute Gasteiger partial charge is 0.270 e. The van der Waals surface area contributed by atoms with Crippen LogP contribution in [0.1, 0.15) is 54.0 Å². The number of nitrogens with one attached hydrogen (secondary N) is 3. The summed E-state index contributed by atoms with van der Waals surface area (Å²) in [5.74, 6) is -0.431. The van der Waals surface area contributed by atoms with Gasteiger partial charge in [-0.2, -0.15) is 10.2 Å². The molecule has 4 rings (SSSR count). The Kier molecular flexibility index (Phi) is 6.88. The van der Waals surface area contributed by atoms with Crippen LogP contribution in [0.15, 0.2) is 36.5 Å². The van der Waals surface area contributed by atoms with Crippen molar-refractivity contribution in [1.29, 1.82) is 0 Å². The Balaban J connectivity index is 1.50. The lowest BCUT2D eigenvalue weighted by atomic mass is 9.83. The molecule has 9 nitrogen and oxygen atoms in total. The highest BCUT2D eigenvalue weighted by Gasteiger charge is 2.32. The SMILES string of the molecule is Cc1[nH]nc(CO)c1-c1ccc(NC(=O)[C@@H](NC(=O)c2ccnn2C)C2CCCCC2)cc1. The van der Waals surface area contributed by atoms with Gasteiger partial charge in [-0.05, 0) is 49.4 Å². The van der Waals surface area contributed by atoms with Crippen LogP contribution in [0.5, 0.6) is 0 Å². The summed E-state index contributed by atoms with van der Waals surface area (Å²) < 4.78 is 1.50. The van der Waals surface area contributed by atoms with Crippen LogP contribution < -0.4 is 10.6 Å². The minimum atomic E-state index is -0.621. The first kappa shape index (κ1) is 22.7. The first-order valence-corrected chi connectivity index (χ1v) is 11.3. The number of H-pyrrole nitrogens is 1. The zero-order valence-corrected chi connectivity index (χ0v) is 19.0. The second-order valence-corrected chi connectivity index (χ2v) is 8.58. The molecule has 2 amide bonds. The third-order valence-corrected chi connectivity index (χ3v) is 6.36. The van der Waals surface area contributed by atoms with E-state index in [4.69, 9.17) is 0 Å². The van der Waals surface area contributed by atoms with Crippen LogP contribution in [-0.2, 0) is 18.4 Å². The molecular weight excluding hydrogens is 420 g/mol. The number of rotatable bonds is 7. The molecule has 0 aliphatic heterocycles. The number of benzene rings is 1. The molecule has 174 valence electrons. The topological polar surface area (TPSA) is 125 Å². The lowest BCUT2D eigenvalue weighted by Gasteiger charge is -2.30. The zero-order chi connectivity index (χ0) is 23.4. The molecule has 2 aromatic heterocycles. The minimum Gasteiger partial charge on any atom is -0.390 e. The number of aromatic amines is 1. The number of hydrogen-bond acceptors (Lipinski definition) is 5. The van der Waals surface area contributed by atoms with E-state index in [1.807, 2.05) is 31.2 Å². The molecule has 0 bridgehead atoms. The van der Waals surface area contributed by atoms with Gasteiger partial charge in [0.25, 0.3) is 5.91 Å². The van der Waals surface area contributed by atoms with E-state index >= 15 is 0 Å². The van der Waals surface area contributed by atoms with Crippen molar-refractivity contribution in [3.05, 3.63) is 53.6 Å². The van der Waals surface area contributed by atoms with Crippen LogP contribution in [0.3, 0.4) is 0 Å². The molecule has 1 aliphatic rings. The molecule has 4 N–H and O–H groups in total. The molecule has 1 atom stereocenters. The van der Waals surface area contributed by atoms with Crippen LogP contribution in [-0.4, -0.2) is 42.9 Å². The van der Waals surface area contributed by atoms with Gasteiger partial charge >= 0.3 is 0 Å². The highest BCUT2D eigenvalue weighted by molar-refractivity contribution is 6.00. The van der Waals surface area contributed by atoms with Crippen molar-refractivity contribution < 1.29 is 14.7 Å². The number of hydrogen-bond donors (Lipinski definition) is 4. The third-order valence-electron chi connectivity index (χ3n) is 6.36. The predicted octanol–water partition coefficient (Wildman–Crippen LogP) is 2.93. The van der Waals surface area contributed by atoms with Crippen molar-refractivity contribution in [2.75, 3.05) is 5.32 Å². The molecule has 0 spiro atoms. The van der Waals surface area contributed by atoms with Crippen molar-refractivity contribution in [3.8, 4) is 11.1 Å². The van der Waals surface area contributed by atoms with Gasteiger partial charge in [-0.1, -0.05) is 31.4 Å². The van der Waals surface area contributed by atoms with Crippen molar-refractivity contribution in [2.45, 2.75) is 51.7 Å². The summed E-state index contributed by atoms with van der Waals surface area (Å²) in [5.41, 5.74) is 4.27. The lowest BCUT2D eigenvalue weighted by molar-refractivity contribution is -0.119. The van der Waals surface area contributed by atoms with Gasteiger partial charge in [-0.3, -0.25) is 19.4 Å². The van der Waals surface area contributed by atoms with Gasteiger partial charge in [0.2, 0.25) is 5.91 Å². The molecule has 1 saturated carbocycles. The third kappa shape index (κ3) is 4.98. The van der Waals surface area contributed by atoms with Gasteiger partial charge < -0.3 is 15.7 Å². The monoisotopic (exact) mass is 450 g/mol. The van der Waals surface area contributed by atoms with E-state index in [0.717, 1.165) is 48.9 Å². The molecule has 0 saturated heterocycles. The summed E-state index contributed by atoms with van der Waals surface area (Å²) in [6, 6.07) is 8.43. The molecule has 33 heavy (non-hydrogen) atoms. The highest BCUT2D eigenvalue weighted by Crippen LogP contribution is 2.29. The maximum absolute atomic E-state index is 13.3. The van der Waals surface area contributed by atoms with Crippen molar-refractivity contribution in [1.82, 2.24) is 25.3 Å².